The zero-order valence-corrected chi connectivity index (χ0v) is 14.3. The lowest BCUT2D eigenvalue weighted by molar-refractivity contribution is 0.0941. The van der Waals surface area contributed by atoms with Gasteiger partial charge in [-0.25, -0.2) is 14.9 Å². The molecular weight excluding hydrogens is 350 g/mol. The molecule has 0 saturated carbocycles. The second kappa shape index (κ2) is 6.54. The van der Waals surface area contributed by atoms with Gasteiger partial charge in [-0.05, 0) is 24.3 Å². The summed E-state index contributed by atoms with van der Waals surface area (Å²) in [4.78, 5) is 31.1. The van der Waals surface area contributed by atoms with Gasteiger partial charge in [-0.3, -0.25) is 9.36 Å². The van der Waals surface area contributed by atoms with E-state index in [0.29, 0.717) is 33.5 Å². The molecule has 1 unspecified atom stereocenters. The number of aromatic amines is 2. The molecule has 1 aliphatic rings. The quantitative estimate of drug-likeness (QED) is 0.661. The van der Waals surface area contributed by atoms with Gasteiger partial charge < -0.3 is 9.72 Å². The van der Waals surface area contributed by atoms with E-state index in [4.69, 9.17) is 4.74 Å². The van der Waals surface area contributed by atoms with Gasteiger partial charge in [-0.2, -0.15) is 0 Å². The van der Waals surface area contributed by atoms with Crippen molar-refractivity contribution >= 4 is 33.3 Å². The van der Waals surface area contributed by atoms with Crippen LogP contribution in [-0.2, 0) is 17.0 Å². The van der Waals surface area contributed by atoms with E-state index >= 15 is 0 Å². The Morgan fingerprint density at radius 3 is 3.21 bits per heavy atom. The Bertz CT molecular complexity index is 967. The van der Waals surface area contributed by atoms with Crippen molar-refractivity contribution in [2.75, 3.05) is 6.61 Å². The van der Waals surface area contributed by atoms with E-state index in [0.717, 1.165) is 19.4 Å². The van der Waals surface area contributed by atoms with Crippen molar-refractivity contribution in [2.24, 2.45) is 0 Å². The second-order valence-corrected chi connectivity index (χ2v) is 7.35. The predicted octanol–water partition coefficient (Wildman–Crippen LogP) is 1.34. The predicted molar refractivity (Wildman–Crippen MR) is 91.6 cm³/mol. The van der Waals surface area contributed by atoms with E-state index in [1.165, 1.54) is 23.1 Å². The SMILES string of the molecule is O=c1[nH]c(CSc2n[nH]c(=O)n2CC2CCCO2)nc2ccsc12. The molecule has 24 heavy (non-hydrogen) atoms. The Morgan fingerprint density at radius 2 is 2.38 bits per heavy atom. The van der Waals surface area contributed by atoms with Gasteiger partial charge in [-0.1, -0.05) is 11.8 Å². The molecule has 3 aromatic rings. The molecule has 3 aromatic heterocycles. The first-order valence-corrected chi connectivity index (χ1v) is 9.43. The van der Waals surface area contributed by atoms with Crippen molar-refractivity contribution in [1.82, 2.24) is 24.7 Å². The van der Waals surface area contributed by atoms with Crippen LogP contribution in [-0.4, -0.2) is 37.4 Å². The maximum absolute atomic E-state index is 12.0. The molecule has 0 radical (unpaired) electrons. The molecule has 1 aliphatic heterocycles. The summed E-state index contributed by atoms with van der Waals surface area (Å²) in [6, 6.07) is 1.82. The van der Waals surface area contributed by atoms with E-state index in [1.807, 2.05) is 11.4 Å². The number of hydrogen-bond donors (Lipinski definition) is 2. The van der Waals surface area contributed by atoms with Gasteiger partial charge in [0, 0.05) is 6.61 Å². The van der Waals surface area contributed by atoms with Crippen molar-refractivity contribution in [3.05, 3.63) is 38.1 Å². The Kier molecular flexibility index (Phi) is 4.25. The standard InChI is InChI=1S/C14H15N5O3S2/c20-12-11-9(3-5-23-11)15-10(16-12)7-24-14-18-17-13(21)19(14)6-8-2-1-4-22-8/h3,5,8H,1-2,4,6-7H2,(H,17,21)(H,15,16,20). The number of nitrogens with one attached hydrogen (secondary N) is 2. The number of H-pyrrole nitrogens is 2. The van der Waals surface area contributed by atoms with E-state index in [9.17, 15) is 9.59 Å². The van der Waals surface area contributed by atoms with Crippen LogP contribution in [0.1, 0.15) is 18.7 Å². The Hall–Kier alpha value is -1.91. The molecule has 4 rings (SSSR count). The normalized spacial score (nSPS) is 17.8. The summed E-state index contributed by atoms with van der Waals surface area (Å²) in [6.07, 6.45) is 2.02. The van der Waals surface area contributed by atoms with Gasteiger partial charge in [0.1, 0.15) is 10.5 Å². The number of ether oxygens (including phenoxy) is 1. The van der Waals surface area contributed by atoms with E-state index < -0.39 is 0 Å². The molecular formula is C14H15N5O3S2. The second-order valence-electron chi connectivity index (χ2n) is 5.49. The number of thiophene rings is 1. The molecule has 2 N–H and O–H groups in total. The highest BCUT2D eigenvalue weighted by Gasteiger charge is 2.20. The number of fused-ring (bicyclic) bond motifs is 1. The summed E-state index contributed by atoms with van der Waals surface area (Å²) in [5, 5.41) is 8.95. The van der Waals surface area contributed by atoms with Crippen LogP contribution in [0.5, 0.6) is 0 Å². The van der Waals surface area contributed by atoms with Crippen molar-refractivity contribution in [3.8, 4) is 0 Å². The third kappa shape index (κ3) is 3.04. The van der Waals surface area contributed by atoms with E-state index in [-0.39, 0.29) is 17.4 Å². The summed E-state index contributed by atoms with van der Waals surface area (Å²) in [5.74, 6) is 0.992. The smallest absolute Gasteiger partial charge is 0.344 e. The average Bonchev–Trinajstić information content (AvgIpc) is 3.29. The zero-order chi connectivity index (χ0) is 16.5. The van der Waals surface area contributed by atoms with Crippen LogP contribution >= 0.6 is 23.1 Å². The molecule has 0 spiro atoms. The van der Waals surface area contributed by atoms with Gasteiger partial charge in [0.05, 0.1) is 23.9 Å². The Morgan fingerprint density at radius 1 is 1.46 bits per heavy atom. The fraction of sp³-hybridized carbons (Fsp3) is 0.429. The molecule has 126 valence electrons. The Labute approximate surface area is 144 Å². The fourth-order valence-corrected chi connectivity index (χ4v) is 4.24. The third-order valence-electron chi connectivity index (χ3n) is 3.84. The summed E-state index contributed by atoms with van der Waals surface area (Å²) in [5.41, 5.74) is 0.310. The molecule has 1 atom stereocenters. The number of rotatable bonds is 5. The third-order valence-corrected chi connectivity index (χ3v) is 5.73. The highest BCUT2D eigenvalue weighted by atomic mass is 32.2. The number of nitrogens with zero attached hydrogens (tertiary/aromatic N) is 3. The van der Waals surface area contributed by atoms with Crippen molar-refractivity contribution < 1.29 is 4.74 Å². The summed E-state index contributed by atoms with van der Waals surface area (Å²) in [6.45, 7) is 1.23. The van der Waals surface area contributed by atoms with Crippen LogP contribution in [0.15, 0.2) is 26.2 Å². The number of thioether (sulfide) groups is 1. The minimum absolute atomic E-state index is 0.0553. The molecule has 0 aliphatic carbocycles. The minimum atomic E-state index is -0.247. The summed E-state index contributed by atoms with van der Waals surface area (Å²) >= 11 is 2.73. The highest BCUT2D eigenvalue weighted by Crippen LogP contribution is 2.21. The minimum Gasteiger partial charge on any atom is -0.376 e. The van der Waals surface area contributed by atoms with Crippen LogP contribution in [0.3, 0.4) is 0 Å². The highest BCUT2D eigenvalue weighted by molar-refractivity contribution is 7.98. The van der Waals surface area contributed by atoms with Gasteiger partial charge >= 0.3 is 5.69 Å². The maximum atomic E-state index is 12.0. The lowest BCUT2D eigenvalue weighted by atomic mass is 10.2. The van der Waals surface area contributed by atoms with Crippen LogP contribution in [0.25, 0.3) is 10.2 Å². The van der Waals surface area contributed by atoms with Gasteiger partial charge in [0.25, 0.3) is 5.56 Å². The Balaban J connectivity index is 1.52. The van der Waals surface area contributed by atoms with Crippen LogP contribution in [0.2, 0.25) is 0 Å². The van der Waals surface area contributed by atoms with Crippen LogP contribution in [0.4, 0.5) is 0 Å². The fourth-order valence-electron chi connectivity index (χ4n) is 2.69. The first-order valence-electron chi connectivity index (χ1n) is 7.57. The topological polar surface area (TPSA) is 106 Å². The summed E-state index contributed by atoms with van der Waals surface area (Å²) < 4.78 is 7.79. The molecule has 1 saturated heterocycles. The molecule has 1 fully saturated rings. The lowest BCUT2D eigenvalue weighted by Crippen LogP contribution is -2.25. The zero-order valence-electron chi connectivity index (χ0n) is 12.7. The van der Waals surface area contributed by atoms with Crippen molar-refractivity contribution in [2.45, 2.75) is 36.4 Å². The summed E-state index contributed by atoms with van der Waals surface area (Å²) in [7, 11) is 0. The molecule has 4 heterocycles. The molecule has 0 aromatic carbocycles. The van der Waals surface area contributed by atoms with E-state index in [2.05, 4.69) is 20.2 Å². The van der Waals surface area contributed by atoms with Crippen molar-refractivity contribution in [3.63, 3.8) is 0 Å². The van der Waals surface area contributed by atoms with Crippen LogP contribution < -0.4 is 11.2 Å². The number of aromatic nitrogens is 5. The molecule has 10 heteroatoms. The molecule has 0 amide bonds. The largest absolute Gasteiger partial charge is 0.376 e. The first-order chi connectivity index (χ1) is 11.7. The van der Waals surface area contributed by atoms with E-state index in [1.54, 1.807) is 4.57 Å². The van der Waals surface area contributed by atoms with Crippen molar-refractivity contribution in [1.29, 1.82) is 0 Å². The lowest BCUT2D eigenvalue weighted by Gasteiger charge is -2.10. The number of hydrogen-bond acceptors (Lipinski definition) is 7. The van der Waals surface area contributed by atoms with Crippen LogP contribution in [0, 0.1) is 0 Å². The first kappa shape index (κ1) is 15.6. The maximum Gasteiger partial charge on any atom is 0.344 e. The monoisotopic (exact) mass is 365 g/mol. The molecule has 0 bridgehead atoms. The average molecular weight is 365 g/mol. The van der Waals surface area contributed by atoms with Gasteiger partial charge in [0.15, 0.2) is 5.16 Å². The van der Waals surface area contributed by atoms with Gasteiger partial charge in [-0.15, -0.1) is 16.4 Å². The molecule has 8 nitrogen and oxygen atoms in total. The van der Waals surface area contributed by atoms with Gasteiger partial charge in [0.2, 0.25) is 0 Å².